The fourth-order valence-corrected chi connectivity index (χ4v) is 4.87. The number of aliphatic hydroxyl groups excluding tert-OH is 4. The molecule has 0 spiro atoms. The highest BCUT2D eigenvalue weighted by Crippen LogP contribution is 2.51. The van der Waals surface area contributed by atoms with E-state index < -0.39 is 5.41 Å². The number of aryl methyl sites for hydroxylation is 1. The van der Waals surface area contributed by atoms with Gasteiger partial charge in [-0.25, -0.2) is 0 Å². The minimum atomic E-state index is -0.709. The van der Waals surface area contributed by atoms with Crippen molar-refractivity contribution in [2.45, 2.75) is 44.7 Å². The minimum Gasteiger partial charge on any atom is -0.507 e. The first-order valence-electron chi connectivity index (χ1n) is 10.2. The summed E-state index contributed by atoms with van der Waals surface area (Å²) in [6.45, 7) is -1.54. The summed E-state index contributed by atoms with van der Waals surface area (Å²) in [6, 6.07) is 14.9. The molecule has 1 aliphatic carbocycles. The van der Waals surface area contributed by atoms with Gasteiger partial charge in [-0.1, -0.05) is 24.3 Å². The fraction of sp³-hybridized carbons (Fsp3) is 0.280. The van der Waals surface area contributed by atoms with Gasteiger partial charge in [-0.3, -0.25) is 0 Å². The van der Waals surface area contributed by atoms with Gasteiger partial charge in [0.15, 0.2) is 0 Å². The normalized spacial score (nSPS) is 14.6. The van der Waals surface area contributed by atoms with Gasteiger partial charge in [0.1, 0.15) is 11.5 Å². The van der Waals surface area contributed by atoms with Gasteiger partial charge in [0.05, 0.1) is 26.4 Å². The van der Waals surface area contributed by atoms with Crippen molar-refractivity contribution in [1.29, 1.82) is 0 Å². The molecule has 0 unspecified atom stereocenters. The van der Waals surface area contributed by atoms with E-state index in [1.165, 1.54) is 0 Å². The Balaban J connectivity index is 2.08. The smallest absolute Gasteiger partial charge is 0.126 e. The quantitative estimate of drug-likeness (QED) is 0.363. The van der Waals surface area contributed by atoms with E-state index in [1.54, 1.807) is 24.3 Å². The lowest BCUT2D eigenvalue weighted by molar-refractivity contribution is 0.263. The number of rotatable bonds is 6. The number of hydrogen-bond acceptors (Lipinski definition) is 6. The van der Waals surface area contributed by atoms with Gasteiger partial charge >= 0.3 is 0 Å². The second kappa shape index (κ2) is 8.32. The molecule has 1 aliphatic rings. The first kappa shape index (κ1) is 21.3. The Morgan fingerprint density at radius 3 is 1.48 bits per heavy atom. The molecule has 0 bridgehead atoms. The molecule has 0 fully saturated rings. The number of hydrogen-bond donors (Lipinski definition) is 6. The van der Waals surface area contributed by atoms with Gasteiger partial charge < -0.3 is 30.6 Å². The molecule has 4 rings (SSSR count). The molecular formula is C25H26O6. The van der Waals surface area contributed by atoms with Gasteiger partial charge in [0.2, 0.25) is 0 Å². The summed E-state index contributed by atoms with van der Waals surface area (Å²) in [6.07, 6.45) is 1.46. The number of benzene rings is 3. The van der Waals surface area contributed by atoms with Crippen molar-refractivity contribution in [1.82, 2.24) is 0 Å². The molecule has 3 aromatic carbocycles. The molecule has 3 aromatic rings. The van der Waals surface area contributed by atoms with Crippen LogP contribution < -0.4 is 0 Å². The third kappa shape index (κ3) is 3.28. The van der Waals surface area contributed by atoms with E-state index in [0.717, 1.165) is 28.7 Å². The van der Waals surface area contributed by atoms with Crippen LogP contribution in [-0.2, 0) is 38.3 Å². The van der Waals surface area contributed by atoms with Gasteiger partial charge in [0, 0.05) is 27.7 Å². The van der Waals surface area contributed by atoms with Gasteiger partial charge in [-0.15, -0.1) is 0 Å². The molecule has 0 amide bonds. The van der Waals surface area contributed by atoms with Crippen LogP contribution in [0.5, 0.6) is 11.5 Å². The Morgan fingerprint density at radius 2 is 1.06 bits per heavy atom. The van der Waals surface area contributed by atoms with Crippen LogP contribution in [0.4, 0.5) is 0 Å². The number of phenols is 2. The van der Waals surface area contributed by atoms with E-state index in [9.17, 15) is 30.6 Å². The van der Waals surface area contributed by atoms with Crippen molar-refractivity contribution in [3.05, 3.63) is 93.0 Å². The molecule has 6 nitrogen and oxygen atoms in total. The number of fused-ring (bicyclic) bond motifs is 1. The monoisotopic (exact) mass is 422 g/mol. The second-order valence-corrected chi connectivity index (χ2v) is 7.98. The zero-order chi connectivity index (χ0) is 22.2. The van der Waals surface area contributed by atoms with E-state index in [4.69, 9.17) is 0 Å². The Labute approximate surface area is 180 Å². The third-order valence-corrected chi connectivity index (χ3v) is 6.45. The lowest BCUT2D eigenvalue weighted by atomic mass is 9.69. The predicted molar refractivity (Wildman–Crippen MR) is 115 cm³/mol. The number of aromatic hydroxyl groups is 2. The first-order valence-corrected chi connectivity index (χ1v) is 10.2. The Bertz CT molecular complexity index is 1010. The largest absolute Gasteiger partial charge is 0.507 e. The molecule has 6 heteroatoms. The molecule has 0 atom stereocenters. The predicted octanol–water partition coefficient (Wildman–Crippen LogP) is 2.35. The topological polar surface area (TPSA) is 121 Å². The molecule has 0 heterocycles. The van der Waals surface area contributed by atoms with E-state index in [-0.39, 0.29) is 37.9 Å². The Kier molecular flexibility index (Phi) is 5.73. The van der Waals surface area contributed by atoms with Crippen LogP contribution in [0.3, 0.4) is 0 Å². The fourth-order valence-electron chi connectivity index (χ4n) is 4.87. The molecule has 31 heavy (non-hydrogen) atoms. The summed E-state index contributed by atoms with van der Waals surface area (Å²) in [4.78, 5) is 0. The van der Waals surface area contributed by atoms with Crippen LogP contribution in [0.25, 0.3) is 0 Å². The van der Waals surface area contributed by atoms with E-state index in [0.29, 0.717) is 28.7 Å². The standard InChI is InChI=1S/C25H26O6/c26-11-16-7-20(8-17(12-27)23(16)30)25(6-5-15-3-1-2-4-22(15)25)21-9-18(13-28)24(31)19(10-21)14-29/h1-4,7-10,26-31H,5-6,11-14H2. The molecule has 0 aromatic heterocycles. The lowest BCUT2D eigenvalue weighted by Gasteiger charge is -2.34. The highest BCUT2D eigenvalue weighted by molar-refractivity contribution is 5.61. The van der Waals surface area contributed by atoms with Gasteiger partial charge in [-0.05, 0) is 59.4 Å². The molecule has 162 valence electrons. The maximum Gasteiger partial charge on any atom is 0.126 e. The molecule has 6 N–H and O–H groups in total. The van der Waals surface area contributed by atoms with Crippen molar-refractivity contribution in [3.63, 3.8) is 0 Å². The van der Waals surface area contributed by atoms with Crippen LogP contribution in [0.1, 0.15) is 50.9 Å². The second-order valence-electron chi connectivity index (χ2n) is 7.98. The van der Waals surface area contributed by atoms with Crippen LogP contribution in [-0.4, -0.2) is 30.6 Å². The zero-order valence-electron chi connectivity index (χ0n) is 17.0. The average Bonchev–Trinajstić information content (AvgIpc) is 3.20. The van der Waals surface area contributed by atoms with Crippen molar-refractivity contribution in [2.75, 3.05) is 0 Å². The Morgan fingerprint density at radius 1 is 0.645 bits per heavy atom. The molecule has 0 saturated heterocycles. The molecule has 0 aliphatic heterocycles. The summed E-state index contributed by atoms with van der Waals surface area (Å²) in [5.74, 6) is -0.263. The van der Waals surface area contributed by atoms with Crippen LogP contribution >= 0.6 is 0 Å². The van der Waals surface area contributed by atoms with Crippen LogP contribution in [0.2, 0.25) is 0 Å². The van der Waals surface area contributed by atoms with E-state index in [2.05, 4.69) is 6.07 Å². The maximum absolute atomic E-state index is 10.4. The van der Waals surface area contributed by atoms with Crippen LogP contribution in [0.15, 0.2) is 48.5 Å². The average molecular weight is 422 g/mol. The summed E-state index contributed by atoms with van der Waals surface area (Å²) >= 11 is 0. The first-order chi connectivity index (χ1) is 15.0. The zero-order valence-corrected chi connectivity index (χ0v) is 17.0. The highest BCUT2D eigenvalue weighted by atomic mass is 16.3. The van der Waals surface area contributed by atoms with Crippen molar-refractivity contribution in [3.8, 4) is 11.5 Å². The highest BCUT2D eigenvalue weighted by Gasteiger charge is 2.43. The Hall–Kier alpha value is -2.90. The van der Waals surface area contributed by atoms with Crippen molar-refractivity contribution >= 4 is 0 Å². The van der Waals surface area contributed by atoms with Gasteiger partial charge in [0.25, 0.3) is 0 Å². The SMILES string of the molecule is OCc1cc(C2(c3cc(CO)c(O)c(CO)c3)CCc3ccccc32)cc(CO)c1O. The minimum absolute atomic E-state index is 0.131. The molecule has 0 radical (unpaired) electrons. The van der Waals surface area contributed by atoms with E-state index in [1.807, 2.05) is 18.2 Å². The van der Waals surface area contributed by atoms with Gasteiger partial charge in [-0.2, -0.15) is 0 Å². The summed E-state index contributed by atoms with van der Waals surface area (Å²) in [5, 5.41) is 60.0. The summed E-state index contributed by atoms with van der Waals surface area (Å²) < 4.78 is 0. The summed E-state index contributed by atoms with van der Waals surface area (Å²) in [7, 11) is 0. The lowest BCUT2D eigenvalue weighted by Crippen LogP contribution is -2.27. The molecular weight excluding hydrogens is 396 g/mol. The maximum atomic E-state index is 10.4. The van der Waals surface area contributed by atoms with Crippen molar-refractivity contribution < 1.29 is 30.6 Å². The number of aliphatic hydroxyl groups is 4. The van der Waals surface area contributed by atoms with E-state index >= 15 is 0 Å². The van der Waals surface area contributed by atoms with Crippen molar-refractivity contribution in [2.24, 2.45) is 0 Å². The third-order valence-electron chi connectivity index (χ3n) is 6.45. The summed E-state index contributed by atoms with van der Waals surface area (Å²) in [5.41, 5.74) is 4.29. The van der Waals surface area contributed by atoms with Crippen LogP contribution in [0, 0.1) is 0 Å². The molecule has 0 saturated carbocycles.